The molecule has 154 valence electrons. The van der Waals surface area contributed by atoms with Crippen LogP contribution in [0.3, 0.4) is 0 Å². The van der Waals surface area contributed by atoms with Gasteiger partial charge in [0.2, 0.25) is 11.8 Å². The van der Waals surface area contributed by atoms with Crippen LogP contribution in [0, 0.1) is 11.3 Å². The Morgan fingerprint density at radius 3 is 2.18 bits per heavy atom. The number of hydrogen-bond donors (Lipinski definition) is 1. The third kappa shape index (κ3) is 6.22. The van der Waals surface area contributed by atoms with Crippen LogP contribution < -0.4 is 5.32 Å². The van der Waals surface area contributed by atoms with E-state index in [1.54, 1.807) is 9.80 Å². The number of rotatable bonds is 6. The largest absolute Gasteiger partial charge is 0.456 e. The van der Waals surface area contributed by atoms with Crippen LogP contribution in [0.2, 0.25) is 0 Å². The van der Waals surface area contributed by atoms with Crippen molar-refractivity contribution in [2.75, 3.05) is 32.8 Å². The Bertz CT molecular complexity index is 643. The summed E-state index contributed by atoms with van der Waals surface area (Å²) in [5.74, 6) is -1.31. The fourth-order valence-corrected chi connectivity index (χ4v) is 3.58. The van der Waals surface area contributed by atoms with E-state index in [1.165, 1.54) is 6.92 Å². The topological polar surface area (TPSA) is 120 Å². The molecule has 2 aliphatic rings. The first kappa shape index (κ1) is 21.7. The van der Waals surface area contributed by atoms with Gasteiger partial charge in [0.15, 0.2) is 6.61 Å². The van der Waals surface area contributed by atoms with Gasteiger partial charge in [0, 0.05) is 39.5 Å². The van der Waals surface area contributed by atoms with Gasteiger partial charge in [-0.1, -0.05) is 19.3 Å². The molecule has 0 radical (unpaired) electrons. The van der Waals surface area contributed by atoms with E-state index in [-0.39, 0.29) is 24.7 Å². The van der Waals surface area contributed by atoms with E-state index in [1.807, 2.05) is 0 Å². The van der Waals surface area contributed by atoms with Gasteiger partial charge in [0.1, 0.15) is 5.54 Å². The van der Waals surface area contributed by atoms with E-state index in [9.17, 15) is 24.4 Å². The summed E-state index contributed by atoms with van der Waals surface area (Å²) in [6.07, 6.45) is 3.92. The van der Waals surface area contributed by atoms with Gasteiger partial charge < -0.3 is 19.9 Å². The normalized spacial score (nSPS) is 18.7. The van der Waals surface area contributed by atoms with Crippen molar-refractivity contribution in [3.63, 3.8) is 0 Å². The highest BCUT2D eigenvalue weighted by atomic mass is 16.5. The Balaban J connectivity index is 1.65. The van der Waals surface area contributed by atoms with Gasteiger partial charge in [-0.25, -0.2) is 0 Å². The second kappa shape index (κ2) is 10.1. The fourth-order valence-electron chi connectivity index (χ4n) is 3.58. The van der Waals surface area contributed by atoms with Gasteiger partial charge in [0.25, 0.3) is 5.91 Å². The molecule has 0 atom stereocenters. The second-order valence-corrected chi connectivity index (χ2v) is 7.35. The molecule has 0 spiro atoms. The van der Waals surface area contributed by atoms with E-state index in [2.05, 4.69) is 11.4 Å². The fraction of sp³-hybridized carbons (Fsp3) is 0.737. The zero-order chi connectivity index (χ0) is 20.6. The summed E-state index contributed by atoms with van der Waals surface area (Å²) in [5, 5.41) is 12.0. The Kier molecular flexibility index (Phi) is 7.79. The number of ether oxygens (including phenoxy) is 1. The summed E-state index contributed by atoms with van der Waals surface area (Å²) in [6.45, 7) is 2.93. The molecule has 1 heterocycles. The maximum absolute atomic E-state index is 12.2. The maximum atomic E-state index is 12.2. The van der Waals surface area contributed by atoms with Gasteiger partial charge in [-0.3, -0.25) is 19.2 Å². The number of nitriles is 1. The molecule has 1 aliphatic carbocycles. The monoisotopic (exact) mass is 392 g/mol. The SMILES string of the molecule is CC(=O)N1CCN(C(=O)CCC(=O)OCC(=O)NC2(C#N)CCCCC2)CC1. The Morgan fingerprint density at radius 2 is 1.61 bits per heavy atom. The highest BCUT2D eigenvalue weighted by Gasteiger charge is 2.33. The molecule has 0 aromatic carbocycles. The van der Waals surface area contributed by atoms with E-state index < -0.39 is 24.0 Å². The average molecular weight is 392 g/mol. The van der Waals surface area contributed by atoms with E-state index in [0.717, 1.165) is 19.3 Å². The number of carbonyl (C=O) groups excluding carboxylic acids is 4. The molecule has 2 fully saturated rings. The minimum absolute atomic E-state index is 0.00264. The van der Waals surface area contributed by atoms with Gasteiger partial charge in [-0.2, -0.15) is 5.26 Å². The summed E-state index contributed by atoms with van der Waals surface area (Å²) < 4.78 is 4.94. The number of nitrogens with zero attached hydrogens (tertiary/aromatic N) is 3. The summed E-state index contributed by atoms with van der Waals surface area (Å²) in [6, 6.07) is 2.18. The number of carbonyl (C=O) groups is 4. The average Bonchev–Trinajstić information content (AvgIpc) is 2.71. The standard InChI is InChI=1S/C19H28N4O5/c1-15(24)22-9-11-23(12-10-22)17(26)5-6-18(27)28-13-16(25)21-19(14-20)7-3-2-4-8-19/h2-13H2,1H3,(H,21,25). The molecule has 1 N–H and O–H groups in total. The minimum Gasteiger partial charge on any atom is -0.456 e. The number of esters is 1. The van der Waals surface area contributed by atoms with Crippen molar-refractivity contribution in [1.29, 1.82) is 5.26 Å². The van der Waals surface area contributed by atoms with Crippen molar-refractivity contribution in [2.45, 2.75) is 57.4 Å². The molecule has 0 unspecified atom stereocenters. The quantitative estimate of drug-likeness (QED) is 0.651. The molecule has 1 saturated heterocycles. The Labute approximate surface area is 165 Å². The zero-order valence-electron chi connectivity index (χ0n) is 16.4. The van der Waals surface area contributed by atoms with Crippen LogP contribution >= 0.6 is 0 Å². The van der Waals surface area contributed by atoms with Crippen LogP contribution in [0.4, 0.5) is 0 Å². The predicted octanol–water partition coefficient (Wildman–Crippen LogP) is 0.343. The smallest absolute Gasteiger partial charge is 0.306 e. The first-order valence-electron chi connectivity index (χ1n) is 9.76. The van der Waals surface area contributed by atoms with Gasteiger partial charge in [-0.15, -0.1) is 0 Å². The van der Waals surface area contributed by atoms with Crippen LogP contribution in [-0.2, 0) is 23.9 Å². The molecule has 1 saturated carbocycles. The van der Waals surface area contributed by atoms with Crippen molar-refractivity contribution < 1.29 is 23.9 Å². The first-order valence-corrected chi connectivity index (χ1v) is 9.76. The van der Waals surface area contributed by atoms with Crippen molar-refractivity contribution >= 4 is 23.7 Å². The van der Waals surface area contributed by atoms with Gasteiger partial charge in [-0.05, 0) is 12.8 Å². The van der Waals surface area contributed by atoms with Gasteiger partial charge >= 0.3 is 5.97 Å². The molecule has 9 heteroatoms. The molecular weight excluding hydrogens is 364 g/mol. The van der Waals surface area contributed by atoms with Crippen LogP contribution in [0.25, 0.3) is 0 Å². The predicted molar refractivity (Wildman–Crippen MR) is 98.6 cm³/mol. The molecule has 0 aromatic heterocycles. The number of piperazine rings is 1. The molecule has 2 rings (SSSR count). The van der Waals surface area contributed by atoms with Crippen LogP contribution in [0.5, 0.6) is 0 Å². The molecule has 9 nitrogen and oxygen atoms in total. The lowest BCUT2D eigenvalue weighted by Crippen LogP contribution is -2.50. The molecule has 3 amide bonds. The summed E-state index contributed by atoms with van der Waals surface area (Å²) in [5.41, 5.74) is -0.861. The number of nitrogens with one attached hydrogen (secondary N) is 1. The molecule has 28 heavy (non-hydrogen) atoms. The van der Waals surface area contributed by atoms with Crippen molar-refractivity contribution in [2.24, 2.45) is 0 Å². The van der Waals surface area contributed by atoms with E-state index in [0.29, 0.717) is 39.0 Å². The molecule has 1 aliphatic heterocycles. The highest BCUT2D eigenvalue weighted by Crippen LogP contribution is 2.27. The van der Waals surface area contributed by atoms with Crippen LogP contribution in [-0.4, -0.2) is 71.8 Å². The van der Waals surface area contributed by atoms with Crippen LogP contribution in [0.15, 0.2) is 0 Å². The summed E-state index contributed by atoms with van der Waals surface area (Å²) in [4.78, 5) is 50.6. The van der Waals surface area contributed by atoms with Crippen molar-refractivity contribution in [3.05, 3.63) is 0 Å². The lowest BCUT2D eigenvalue weighted by Gasteiger charge is -2.34. The third-order valence-corrected chi connectivity index (χ3v) is 5.28. The van der Waals surface area contributed by atoms with E-state index in [4.69, 9.17) is 4.74 Å². The lowest BCUT2D eigenvalue weighted by atomic mass is 9.83. The molecule has 0 aromatic rings. The molecular formula is C19H28N4O5. The zero-order valence-corrected chi connectivity index (χ0v) is 16.4. The summed E-state index contributed by atoms with van der Waals surface area (Å²) >= 11 is 0. The Hall–Kier alpha value is -2.63. The first-order chi connectivity index (χ1) is 13.3. The molecule has 0 bridgehead atoms. The van der Waals surface area contributed by atoms with Gasteiger partial charge in [0.05, 0.1) is 12.5 Å². The third-order valence-electron chi connectivity index (χ3n) is 5.28. The van der Waals surface area contributed by atoms with Crippen molar-refractivity contribution in [3.8, 4) is 6.07 Å². The highest BCUT2D eigenvalue weighted by molar-refractivity contribution is 5.84. The van der Waals surface area contributed by atoms with E-state index >= 15 is 0 Å². The number of hydrogen-bond acceptors (Lipinski definition) is 6. The maximum Gasteiger partial charge on any atom is 0.306 e. The Morgan fingerprint density at radius 1 is 1.00 bits per heavy atom. The summed E-state index contributed by atoms with van der Waals surface area (Å²) in [7, 11) is 0. The lowest BCUT2D eigenvalue weighted by molar-refractivity contribution is -0.150. The van der Waals surface area contributed by atoms with Crippen molar-refractivity contribution in [1.82, 2.24) is 15.1 Å². The second-order valence-electron chi connectivity index (χ2n) is 7.35. The minimum atomic E-state index is -0.861. The number of amides is 3. The van der Waals surface area contributed by atoms with Crippen LogP contribution in [0.1, 0.15) is 51.9 Å².